The fourth-order valence-corrected chi connectivity index (χ4v) is 7.47. The van der Waals surface area contributed by atoms with Crippen LogP contribution in [0.5, 0.6) is 5.75 Å². The minimum atomic E-state index is -0.461. The first-order chi connectivity index (χ1) is 15.8. The van der Waals surface area contributed by atoms with E-state index < -0.39 is 5.82 Å². The number of benzene rings is 1. The van der Waals surface area contributed by atoms with Crippen molar-refractivity contribution in [2.75, 3.05) is 26.8 Å². The Balaban J connectivity index is 1.36. The van der Waals surface area contributed by atoms with Crippen molar-refractivity contribution < 1.29 is 18.7 Å². The van der Waals surface area contributed by atoms with Crippen LogP contribution in [-0.2, 0) is 4.74 Å². The zero-order valence-corrected chi connectivity index (χ0v) is 20.7. The lowest BCUT2D eigenvalue weighted by molar-refractivity contribution is -0.0167. The number of nitrogens with zero attached hydrogens (tertiary/aromatic N) is 1. The molecule has 3 unspecified atom stereocenters. The van der Waals surface area contributed by atoms with Crippen molar-refractivity contribution in [1.82, 2.24) is 4.90 Å². The molecule has 33 heavy (non-hydrogen) atoms. The van der Waals surface area contributed by atoms with Crippen LogP contribution in [0.1, 0.15) is 87.6 Å². The molecule has 1 saturated heterocycles. The molecule has 4 aliphatic rings. The molecule has 1 amide bonds. The summed E-state index contributed by atoms with van der Waals surface area (Å²) in [6, 6.07) is 3.30. The maximum atomic E-state index is 15.3. The molecule has 1 heterocycles. The highest BCUT2D eigenvalue weighted by molar-refractivity contribution is 5.95. The molecule has 5 rings (SSSR count). The first kappa shape index (κ1) is 23.1. The van der Waals surface area contributed by atoms with Crippen molar-refractivity contribution in [3.63, 3.8) is 0 Å². The van der Waals surface area contributed by atoms with E-state index >= 15 is 4.39 Å². The molecule has 0 spiro atoms. The number of carbonyl (C=O) groups is 1. The Bertz CT molecular complexity index is 878. The van der Waals surface area contributed by atoms with Gasteiger partial charge >= 0.3 is 0 Å². The fourth-order valence-electron chi connectivity index (χ4n) is 7.47. The number of halogens is 1. The van der Waals surface area contributed by atoms with Gasteiger partial charge in [-0.1, -0.05) is 20.8 Å². The van der Waals surface area contributed by atoms with Crippen molar-refractivity contribution >= 4 is 5.91 Å². The van der Waals surface area contributed by atoms with Gasteiger partial charge in [0.1, 0.15) is 11.6 Å². The number of hydrogen-bond donors (Lipinski definition) is 0. The van der Waals surface area contributed by atoms with Gasteiger partial charge in [-0.15, -0.1) is 0 Å². The van der Waals surface area contributed by atoms with Crippen molar-refractivity contribution in [2.24, 2.45) is 29.1 Å². The number of amides is 1. The molecule has 1 aromatic rings. The Kier molecular flexibility index (Phi) is 6.22. The van der Waals surface area contributed by atoms with Gasteiger partial charge in [0.2, 0.25) is 0 Å². The quantitative estimate of drug-likeness (QED) is 0.523. The smallest absolute Gasteiger partial charge is 0.256 e. The van der Waals surface area contributed by atoms with Crippen LogP contribution in [0.15, 0.2) is 12.1 Å². The highest BCUT2D eigenvalue weighted by Crippen LogP contribution is 2.53. The van der Waals surface area contributed by atoms with Crippen molar-refractivity contribution in [3.8, 4) is 5.75 Å². The third-order valence-corrected chi connectivity index (χ3v) is 8.77. The standard InChI is InChI=1S/C28H40FNO3/c1-17-7-20-8-18(2)12-28(11-17,13-20)16-33-25-10-24(29)23(9-22(25)21-5-6-21)27(31)30-14-19(3)26(15-30)32-4/h9-10,17-21,26H,5-8,11-16H2,1-4H3/t17?,18?,19?,20?,26-,28?/m0/s1. The van der Waals surface area contributed by atoms with E-state index in [1.165, 1.54) is 38.2 Å². The zero-order valence-electron chi connectivity index (χ0n) is 20.7. The van der Waals surface area contributed by atoms with E-state index in [1.54, 1.807) is 18.1 Å². The third-order valence-electron chi connectivity index (χ3n) is 8.77. The Labute approximate surface area is 198 Å². The predicted molar refractivity (Wildman–Crippen MR) is 127 cm³/mol. The minimum Gasteiger partial charge on any atom is -0.493 e. The van der Waals surface area contributed by atoms with Gasteiger partial charge in [0, 0.05) is 37.6 Å². The number of hydrogen-bond acceptors (Lipinski definition) is 3. The molecule has 0 aromatic heterocycles. The predicted octanol–water partition coefficient (Wildman–Crippen LogP) is 6.04. The summed E-state index contributed by atoms with van der Waals surface area (Å²) in [6.45, 7) is 8.62. The lowest BCUT2D eigenvalue weighted by Crippen LogP contribution is -2.43. The number of fused-ring (bicyclic) bond motifs is 2. The molecule has 182 valence electrons. The van der Waals surface area contributed by atoms with Gasteiger partial charge in [0.15, 0.2) is 0 Å². The molecule has 5 heteroatoms. The summed E-state index contributed by atoms with van der Waals surface area (Å²) in [4.78, 5) is 14.9. The summed E-state index contributed by atoms with van der Waals surface area (Å²) in [5, 5.41) is 0. The molecule has 0 N–H and O–H groups in total. The van der Waals surface area contributed by atoms with Crippen LogP contribution >= 0.6 is 0 Å². The van der Waals surface area contributed by atoms with Gasteiger partial charge in [-0.25, -0.2) is 4.39 Å². The van der Waals surface area contributed by atoms with Crippen LogP contribution in [0.25, 0.3) is 0 Å². The lowest BCUT2D eigenvalue weighted by Gasteiger charge is -2.49. The van der Waals surface area contributed by atoms with Gasteiger partial charge in [-0.05, 0) is 80.2 Å². The molecule has 4 fully saturated rings. The largest absolute Gasteiger partial charge is 0.493 e. The molecule has 2 bridgehead atoms. The van der Waals surface area contributed by atoms with E-state index in [1.807, 2.05) is 0 Å². The molecule has 3 saturated carbocycles. The molecule has 3 aliphatic carbocycles. The van der Waals surface area contributed by atoms with Gasteiger partial charge in [-0.2, -0.15) is 0 Å². The van der Waals surface area contributed by atoms with E-state index in [-0.39, 0.29) is 28.9 Å². The highest BCUT2D eigenvalue weighted by Gasteiger charge is 2.45. The first-order valence-electron chi connectivity index (χ1n) is 13.0. The Morgan fingerprint density at radius 3 is 2.39 bits per heavy atom. The maximum Gasteiger partial charge on any atom is 0.256 e. The fraction of sp³-hybridized carbons (Fsp3) is 0.750. The van der Waals surface area contributed by atoms with Crippen LogP contribution in [0, 0.1) is 34.9 Å². The zero-order chi connectivity index (χ0) is 23.3. The number of carbonyl (C=O) groups excluding carboxylic acids is 1. The van der Waals surface area contributed by atoms with Gasteiger partial charge < -0.3 is 14.4 Å². The summed E-state index contributed by atoms with van der Waals surface area (Å²) in [5.41, 5.74) is 1.42. The van der Waals surface area contributed by atoms with E-state index in [4.69, 9.17) is 9.47 Å². The summed E-state index contributed by atoms with van der Waals surface area (Å²) < 4.78 is 27.2. The van der Waals surface area contributed by atoms with Crippen LogP contribution in [0.4, 0.5) is 4.39 Å². The molecule has 0 radical (unpaired) electrons. The van der Waals surface area contributed by atoms with Crippen LogP contribution in [0.3, 0.4) is 0 Å². The van der Waals surface area contributed by atoms with Crippen molar-refractivity contribution in [2.45, 2.75) is 77.7 Å². The van der Waals surface area contributed by atoms with Crippen LogP contribution in [-0.4, -0.2) is 43.7 Å². The summed E-state index contributed by atoms with van der Waals surface area (Å²) in [7, 11) is 1.68. The summed E-state index contributed by atoms with van der Waals surface area (Å²) in [6.07, 6.45) is 8.52. The highest BCUT2D eigenvalue weighted by atomic mass is 19.1. The minimum absolute atomic E-state index is 0.0152. The monoisotopic (exact) mass is 457 g/mol. The summed E-state index contributed by atoms with van der Waals surface area (Å²) in [5.74, 6) is 2.89. The third kappa shape index (κ3) is 4.67. The SMILES string of the molecule is CO[C@H]1CN(C(=O)c2cc(C3CC3)c(OCC34CC(C)CC(CC(C)C3)C4)cc2F)CC1C. The van der Waals surface area contributed by atoms with Crippen molar-refractivity contribution in [1.29, 1.82) is 0 Å². The van der Waals surface area contributed by atoms with Gasteiger partial charge in [-0.3, -0.25) is 4.79 Å². The van der Waals surface area contributed by atoms with Crippen molar-refractivity contribution in [3.05, 3.63) is 29.1 Å². The first-order valence-corrected chi connectivity index (χ1v) is 13.0. The molecule has 4 nitrogen and oxygen atoms in total. The van der Waals surface area contributed by atoms with Gasteiger partial charge in [0.25, 0.3) is 5.91 Å². The van der Waals surface area contributed by atoms with E-state index in [0.717, 1.165) is 36.2 Å². The Morgan fingerprint density at radius 2 is 1.79 bits per heavy atom. The maximum absolute atomic E-state index is 15.3. The number of methoxy groups -OCH3 is 1. The van der Waals surface area contributed by atoms with E-state index in [9.17, 15) is 4.79 Å². The second-order valence-corrected chi connectivity index (χ2v) is 12.1. The normalized spacial score (nSPS) is 36.2. The molecular formula is C28H40FNO3. The molecular weight excluding hydrogens is 417 g/mol. The second-order valence-electron chi connectivity index (χ2n) is 12.1. The average molecular weight is 458 g/mol. The lowest BCUT2D eigenvalue weighted by atomic mass is 9.57. The molecule has 1 aromatic carbocycles. The number of rotatable bonds is 6. The Hall–Kier alpha value is -1.62. The summed E-state index contributed by atoms with van der Waals surface area (Å²) >= 11 is 0. The van der Waals surface area contributed by atoms with Crippen LogP contribution < -0.4 is 4.74 Å². The van der Waals surface area contributed by atoms with E-state index in [0.29, 0.717) is 31.4 Å². The number of ether oxygens (including phenoxy) is 2. The van der Waals surface area contributed by atoms with Crippen LogP contribution in [0.2, 0.25) is 0 Å². The second kappa shape index (κ2) is 8.87. The molecule has 4 atom stereocenters. The van der Waals surface area contributed by atoms with Gasteiger partial charge in [0.05, 0.1) is 18.3 Å². The average Bonchev–Trinajstić information content (AvgIpc) is 3.52. The van der Waals surface area contributed by atoms with E-state index in [2.05, 4.69) is 20.8 Å². The topological polar surface area (TPSA) is 38.8 Å². The number of likely N-dealkylation sites (tertiary alicyclic amines) is 1. The molecule has 1 aliphatic heterocycles. The Morgan fingerprint density at radius 1 is 1.09 bits per heavy atom.